The minimum atomic E-state index is 0.757. The average Bonchev–Trinajstić information content (AvgIpc) is 2.56. The van der Waals surface area contributed by atoms with E-state index in [1.165, 1.54) is 56.1 Å². The van der Waals surface area contributed by atoms with Crippen LogP contribution in [0.15, 0.2) is 30.4 Å². The van der Waals surface area contributed by atoms with Crippen molar-refractivity contribution in [3.05, 3.63) is 41.5 Å². The zero-order valence-electron chi connectivity index (χ0n) is 14.6. The third-order valence-corrected chi connectivity index (χ3v) is 5.01. The van der Waals surface area contributed by atoms with Gasteiger partial charge in [0.25, 0.3) is 0 Å². The summed E-state index contributed by atoms with van der Waals surface area (Å²) in [5, 5.41) is 0. The van der Waals surface area contributed by atoms with Crippen molar-refractivity contribution in [2.45, 2.75) is 71.1 Å². The number of allylic oxidation sites excluding steroid dienone is 2. The predicted molar refractivity (Wildman–Crippen MR) is 95.7 cm³/mol. The van der Waals surface area contributed by atoms with E-state index < -0.39 is 0 Å². The number of hydrogen-bond donors (Lipinski definition) is 0. The van der Waals surface area contributed by atoms with Gasteiger partial charge < -0.3 is 4.74 Å². The summed E-state index contributed by atoms with van der Waals surface area (Å²) in [7, 11) is 1.78. The van der Waals surface area contributed by atoms with E-state index in [-0.39, 0.29) is 0 Å². The minimum absolute atomic E-state index is 0.757. The summed E-state index contributed by atoms with van der Waals surface area (Å²) in [6, 6.07) is 6.88. The maximum absolute atomic E-state index is 5.50. The summed E-state index contributed by atoms with van der Waals surface area (Å²) < 4.78 is 5.50. The summed E-state index contributed by atoms with van der Waals surface area (Å²) in [5.74, 6) is 2.73. The summed E-state index contributed by atoms with van der Waals surface area (Å²) in [6.07, 6.45) is 14.9. The number of benzene rings is 1. The number of rotatable bonds is 7. The molecule has 0 heterocycles. The Labute approximate surface area is 136 Å². The molecular weight excluding hydrogens is 268 g/mol. The van der Waals surface area contributed by atoms with Gasteiger partial charge in [-0.05, 0) is 74.0 Å². The first-order chi connectivity index (χ1) is 10.8. The van der Waals surface area contributed by atoms with E-state index >= 15 is 0 Å². The molecule has 0 atom stereocenters. The van der Waals surface area contributed by atoms with Crippen molar-refractivity contribution in [2.75, 3.05) is 7.11 Å². The highest BCUT2D eigenvalue weighted by Gasteiger charge is 2.22. The van der Waals surface area contributed by atoms with Crippen molar-refractivity contribution in [1.29, 1.82) is 0 Å². The smallest absolute Gasteiger partial charge is 0.122 e. The van der Waals surface area contributed by atoms with E-state index in [1.807, 2.05) is 0 Å². The molecule has 0 N–H and O–H groups in total. The molecule has 0 spiro atoms. The van der Waals surface area contributed by atoms with Crippen LogP contribution >= 0.6 is 0 Å². The Morgan fingerprint density at radius 3 is 2.50 bits per heavy atom. The van der Waals surface area contributed by atoms with Crippen LogP contribution < -0.4 is 4.74 Å². The molecule has 0 unspecified atom stereocenters. The first kappa shape index (κ1) is 17.1. The Kier molecular flexibility index (Phi) is 7.02. The highest BCUT2D eigenvalue weighted by atomic mass is 16.5. The number of aryl methyl sites for hydroxylation is 1. The van der Waals surface area contributed by atoms with E-state index in [0.29, 0.717) is 0 Å². The molecule has 0 saturated heterocycles. The van der Waals surface area contributed by atoms with Crippen molar-refractivity contribution >= 4 is 0 Å². The third-order valence-electron chi connectivity index (χ3n) is 5.01. The second-order valence-corrected chi connectivity index (χ2v) is 6.65. The molecule has 1 aliphatic carbocycles. The molecule has 0 radical (unpaired) electrons. The Bertz CT molecular complexity index is 467. The van der Waals surface area contributed by atoms with Gasteiger partial charge in [-0.25, -0.2) is 0 Å². The van der Waals surface area contributed by atoms with Crippen LogP contribution in [0.25, 0.3) is 0 Å². The summed E-state index contributed by atoms with van der Waals surface area (Å²) in [6.45, 7) is 4.45. The number of ether oxygens (including phenoxy) is 1. The van der Waals surface area contributed by atoms with Crippen molar-refractivity contribution in [3.8, 4) is 5.75 Å². The van der Waals surface area contributed by atoms with Gasteiger partial charge in [0.05, 0.1) is 7.11 Å². The predicted octanol–water partition coefficient (Wildman–Crippen LogP) is 6.28. The molecule has 22 heavy (non-hydrogen) atoms. The van der Waals surface area contributed by atoms with Crippen molar-refractivity contribution in [2.24, 2.45) is 5.92 Å². The summed E-state index contributed by atoms with van der Waals surface area (Å²) >= 11 is 0. The molecule has 2 rings (SSSR count). The van der Waals surface area contributed by atoms with Crippen molar-refractivity contribution < 1.29 is 4.74 Å². The molecule has 0 aliphatic heterocycles. The fourth-order valence-electron chi connectivity index (χ4n) is 3.70. The standard InChI is InChI=1S/C21H32O/c1-4-6-7-9-17-10-12-18(13-11-17)19-14-15-21(22-3)20(16-19)8-5-2/h6-7,14-18H,4-5,8-13H2,1-3H3/b7-6+. The largest absolute Gasteiger partial charge is 0.496 e. The van der Waals surface area contributed by atoms with E-state index in [2.05, 4.69) is 44.2 Å². The highest BCUT2D eigenvalue weighted by Crippen LogP contribution is 2.38. The fraction of sp³-hybridized carbons (Fsp3) is 0.619. The molecule has 1 aliphatic rings. The molecule has 1 aromatic rings. The van der Waals surface area contributed by atoms with Gasteiger partial charge in [-0.1, -0.05) is 44.6 Å². The highest BCUT2D eigenvalue weighted by molar-refractivity contribution is 5.39. The Morgan fingerprint density at radius 1 is 1.09 bits per heavy atom. The topological polar surface area (TPSA) is 9.23 Å². The first-order valence-corrected chi connectivity index (χ1v) is 9.10. The maximum Gasteiger partial charge on any atom is 0.122 e. The monoisotopic (exact) mass is 300 g/mol. The average molecular weight is 300 g/mol. The number of methoxy groups -OCH3 is 1. The third kappa shape index (κ3) is 4.63. The van der Waals surface area contributed by atoms with E-state index in [0.717, 1.165) is 24.0 Å². The fourth-order valence-corrected chi connectivity index (χ4v) is 3.70. The summed E-state index contributed by atoms with van der Waals surface area (Å²) in [4.78, 5) is 0. The second kappa shape index (κ2) is 9.02. The van der Waals surface area contributed by atoms with Gasteiger partial charge in [-0.2, -0.15) is 0 Å². The quantitative estimate of drug-likeness (QED) is 0.539. The molecule has 0 amide bonds. The minimum Gasteiger partial charge on any atom is -0.496 e. The van der Waals surface area contributed by atoms with Gasteiger partial charge in [0.15, 0.2) is 0 Å². The van der Waals surface area contributed by atoms with E-state index in [1.54, 1.807) is 7.11 Å². The summed E-state index contributed by atoms with van der Waals surface area (Å²) in [5.41, 5.74) is 2.92. The van der Waals surface area contributed by atoms with Crippen LogP contribution in [0.2, 0.25) is 0 Å². The Balaban J connectivity index is 1.96. The van der Waals surface area contributed by atoms with E-state index in [4.69, 9.17) is 4.74 Å². The lowest BCUT2D eigenvalue weighted by Crippen LogP contribution is -2.13. The van der Waals surface area contributed by atoms with Crippen LogP contribution in [0.5, 0.6) is 5.75 Å². The Hall–Kier alpha value is -1.24. The first-order valence-electron chi connectivity index (χ1n) is 9.10. The normalized spacial score (nSPS) is 22.1. The lowest BCUT2D eigenvalue weighted by molar-refractivity contribution is 0.328. The molecule has 1 fully saturated rings. The zero-order valence-corrected chi connectivity index (χ0v) is 14.6. The lowest BCUT2D eigenvalue weighted by Gasteiger charge is -2.28. The maximum atomic E-state index is 5.50. The van der Waals surface area contributed by atoms with Gasteiger partial charge in [-0.15, -0.1) is 0 Å². The molecule has 0 bridgehead atoms. The zero-order chi connectivity index (χ0) is 15.8. The van der Waals surface area contributed by atoms with E-state index in [9.17, 15) is 0 Å². The molecular formula is C21H32O. The Morgan fingerprint density at radius 2 is 1.86 bits per heavy atom. The van der Waals surface area contributed by atoms with Crippen LogP contribution in [0.3, 0.4) is 0 Å². The molecule has 0 aromatic heterocycles. The van der Waals surface area contributed by atoms with Gasteiger partial charge >= 0.3 is 0 Å². The van der Waals surface area contributed by atoms with Crippen LogP contribution in [0.4, 0.5) is 0 Å². The van der Waals surface area contributed by atoms with Crippen molar-refractivity contribution in [3.63, 3.8) is 0 Å². The van der Waals surface area contributed by atoms with Crippen molar-refractivity contribution in [1.82, 2.24) is 0 Å². The SMILES string of the molecule is CC/C=C/CC1CCC(c2ccc(OC)c(CCC)c2)CC1. The van der Waals surface area contributed by atoms with Gasteiger partial charge in [0, 0.05) is 0 Å². The molecule has 122 valence electrons. The molecule has 1 saturated carbocycles. The molecule has 1 aromatic carbocycles. The van der Waals surface area contributed by atoms with Crippen LogP contribution in [-0.2, 0) is 6.42 Å². The number of hydrogen-bond acceptors (Lipinski definition) is 1. The van der Waals surface area contributed by atoms with Gasteiger partial charge in [0.1, 0.15) is 5.75 Å². The molecule has 1 heteroatoms. The van der Waals surface area contributed by atoms with Crippen LogP contribution in [0.1, 0.15) is 75.8 Å². The van der Waals surface area contributed by atoms with Gasteiger partial charge in [-0.3, -0.25) is 0 Å². The van der Waals surface area contributed by atoms with Crippen LogP contribution in [-0.4, -0.2) is 7.11 Å². The van der Waals surface area contributed by atoms with Gasteiger partial charge in [0.2, 0.25) is 0 Å². The van der Waals surface area contributed by atoms with Crippen LogP contribution in [0, 0.1) is 5.92 Å². The molecule has 1 nitrogen and oxygen atoms in total. The second-order valence-electron chi connectivity index (χ2n) is 6.65. The lowest BCUT2D eigenvalue weighted by atomic mass is 9.77.